The van der Waals surface area contributed by atoms with E-state index in [0.717, 1.165) is 50.7 Å². The third kappa shape index (κ3) is 5.64. The average molecular weight is 574 g/mol. The number of thioether (sulfide) groups is 1. The fraction of sp³-hybridized carbons (Fsp3) is 0.0857. The lowest BCUT2D eigenvalue weighted by molar-refractivity contribution is -0.254. The van der Waals surface area contributed by atoms with Crippen LogP contribution in [0.2, 0.25) is 5.02 Å². The Kier molecular flexibility index (Phi) is 7.64. The Balaban J connectivity index is 1.54. The van der Waals surface area contributed by atoms with Crippen LogP contribution in [0.25, 0.3) is 21.8 Å². The topological polar surface area (TPSA) is 57.4 Å². The molecule has 0 saturated carbocycles. The monoisotopic (exact) mass is 573 g/mol. The number of allylic oxidation sites excluding steroid dienone is 1. The fourth-order valence-electron chi connectivity index (χ4n) is 5.11. The van der Waals surface area contributed by atoms with Crippen molar-refractivity contribution in [3.05, 3.63) is 142 Å². The molecule has 0 unspecified atom stereocenters. The number of hydrogen-bond donors (Lipinski definition) is 0. The number of rotatable bonds is 7. The molecule has 0 saturated heterocycles. The molecule has 0 amide bonds. The third-order valence-electron chi connectivity index (χ3n) is 7.15. The SMILES string of the molecule is Cc1ccc(SC2=C(C=Nc3ccccc3C(=O)[O-])CCc3c2cc(-c2ccccc2)n3-c2ccc(Cl)cc2)cc1. The van der Waals surface area contributed by atoms with Gasteiger partial charge < -0.3 is 14.5 Å². The van der Waals surface area contributed by atoms with Gasteiger partial charge in [-0.25, -0.2) is 0 Å². The largest absolute Gasteiger partial charge is 0.545 e. The van der Waals surface area contributed by atoms with Crippen molar-refractivity contribution in [2.45, 2.75) is 24.7 Å². The molecule has 41 heavy (non-hydrogen) atoms. The highest BCUT2D eigenvalue weighted by Crippen LogP contribution is 2.46. The summed E-state index contributed by atoms with van der Waals surface area (Å²) in [5.41, 5.74) is 8.35. The molecule has 4 aromatic carbocycles. The first-order valence-electron chi connectivity index (χ1n) is 13.4. The summed E-state index contributed by atoms with van der Waals surface area (Å²) in [4.78, 5) is 18.6. The zero-order valence-corrected chi connectivity index (χ0v) is 24.0. The van der Waals surface area contributed by atoms with E-state index in [-0.39, 0.29) is 5.56 Å². The number of carbonyl (C=O) groups is 1. The standard InChI is InChI=1S/C35H27ClN2O2S/c1-23-11-18-28(19-12-23)41-34-25(22-37-31-10-6-5-9-29(31)35(39)40)13-20-32-30(34)21-33(24-7-3-2-4-8-24)38(32)27-16-14-26(36)15-17-27/h2-12,14-19,21-22H,13,20H2,1H3,(H,39,40)/p-1. The first-order chi connectivity index (χ1) is 20.0. The van der Waals surface area contributed by atoms with Gasteiger partial charge in [0.05, 0.1) is 17.4 Å². The molecule has 5 aromatic rings. The molecule has 0 fully saturated rings. The van der Waals surface area contributed by atoms with Crippen molar-refractivity contribution >= 4 is 46.1 Å². The van der Waals surface area contributed by atoms with Crippen molar-refractivity contribution < 1.29 is 9.90 Å². The van der Waals surface area contributed by atoms with Gasteiger partial charge in [0.2, 0.25) is 0 Å². The van der Waals surface area contributed by atoms with Gasteiger partial charge in [0.25, 0.3) is 0 Å². The first kappa shape index (κ1) is 26.9. The fourth-order valence-corrected chi connectivity index (χ4v) is 6.32. The van der Waals surface area contributed by atoms with Crippen LogP contribution in [-0.4, -0.2) is 16.8 Å². The molecule has 6 heteroatoms. The van der Waals surface area contributed by atoms with Crippen molar-refractivity contribution in [3.8, 4) is 16.9 Å². The molecule has 1 aliphatic carbocycles. The second-order valence-corrected chi connectivity index (χ2v) is 11.4. The van der Waals surface area contributed by atoms with Gasteiger partial charge in [0, 0.05) is 43.5 Å². The summed E-state index contributed by atoms with van der Waals surface area (Å²) in [5.74, 6) is -1.24. The molecule has 0 N–H and O–H groups in total. The van der Waals surface area contributed by atoms with E-state index in [4.69, 9.17) is 11.6 Å². The highest BCUT2D eigenvalue weighted by atomic mass is 35.5. The lowest BCUT2D eigenvalue weighted by Crippen LogP contribution is -2.22. The van der Waals surface area contributed by atoms with Gasteiger partial charge in [-0.05, 0) is 79.4 Å². The van der Waals surface area contributed by atoms with Crippen LogP contribution in [0.3, 0.4) is 0 Å². The number of hydrogen-bond acceptors (Lipinski definition) is 4. The molecule has 1 aromatic heterocycles. The van der Waals surface area contributed by atoms with Gasteiger partial charge in [-0.1, -0.05) is 89.6 Å². The van der Waals surface area contributed by atoms with Gasteiger partial charge >= 0.3 is 0 Å². The molecule has 0 aliphatic heterocycles. The minimum atomic E-state index is -1.24. The summed E-state index contributed by atoms with van der Waals surface area (Å²) in [6, 6.07) is 35.8. The number of aryl methyl sites for hydroxylation is 1. The van der Waals surface area contributed by atoms with Crippen LogP contribution >= 0.6 is 23.4 Å². The quantitative estimate of drug-likeness (QED) is 0.184. The normalized spacial score (nSPS) is 13.0. The Bertz CT molecular complexity index is 1790. The second kappa shape index (κ2) is 11.7. The van der Waals surface area contributed by atoms with E-state index in [9.17, 15) is 9.90 Å². The number of aliphatic imine (C=N–C) groups is 1. The summed E-state index contributed by atoms with van der Waals surface area (Å²) in [6.45, 7) is 2.08. The highest BCUT2D eigenvalue weighted by Gasteiger charge is 2.26. The minimum absolute atomic E-state index is 0.0776. The summed E-state index contributed by atoms with van der Waals surface area (Å²) >= 11 is 7.97. The van der Waals surface area contributed by atoms with Crippen LogP contribution in [0.1, 0.15) is 33.6 Å². The Morgan fingerprint density at radius 2 is 1.61 bits per heavy atom. The lowest BCUT2D eigenvalue weighted by Gasteiger charge is -2.21. The first-order valence-corrected chi connectivity index (χ1v) is 14.6. The van der Waals surface area contributed by atoms with Crippen LogP contribution in [0.5, 0.6) is 0 Å². The Morgan fingerprint density at radius 1 is 0.902 bits per heavy atom. The molecule has 1 heterocycles. The van der Waals surface area contributed by atoms with E-state index in [1.54, 1.807) is 30.0 Å². The van der Waals surface area contributed by atoms with Crippen molar-refractivity contribution in [1.29, 1.82) is 0 Å². The Morgan fingerprint density at radius 3 is 2.34 bits per heavy atom. The molecule has 0 spiro atoms. The van der Waals surface area contributed by atoms with E-state index in [1.807, 2.05) is 24.4 Å². The predicted octanol–water partition coefficient (Wildman–Crippen LogP) is 8.32. The number of carboxylic acid groups (broad SMARTS) is 1. The molecule has 202 valence electrons. The predicted molar refractivity (Wildman–Crippen MR) is 167 cm³/mol. The lowest BCUT2D eigenvalue weighted by atomic mass is 9.97. The molecule has 1 aliphatic rings. The van der Waals surface area contributed by atoms with E-state index in [0.29, 0.717) is 10.7 Å². The van der Waals surface area contributed by atoms with E-state index >= 15 is 0 Å². The van der Waals surface area contributed by atoms with Crippen molar-refractivity contribution in [1.82, 2.24) is 4.57 Å². The summed E-state index contributed by atoms with van der Waals surface area (Å²) in [5, 5.41) is 12.4. The zero-order valence-electron chi connectivity index (χ0n) is 22.4. The zero-order chi connectivity index (χ0) is 28.3. The number of carbonyl (C=O) groups excluding carboxylic acids is 1. The summed E-state index contributed by atoms with van der Waals surface area (Å²) in [6.07, 6.45) is 3.37. The Labute approximate surface area is 248 Å². The number of halogens is 1. The maximum Gasteiger partial charge on any atom is 0.0737 e. The number of aromatic nitrogens is 1. The molecular formula is C35H26ClN2O2S-. The number of para-hydroxylation sites is 1. The number of nitrogens with zero attached hydrogens (tertiary/aromatic N) is 2. The van der Waals surface area contributed by atoms with E-state index < -0.39 is 5.97 Å². The number of fused-ring (bicyclic) bond motifs is 1. The molecule has 0 radical (unpaired) electrons. The maximum atomic E-state index is 11.7. The van der Waals surface area contributed by atoms with Gasteiger partial charge in [-0.3, -0.25) is 4.99 Å². The van der Waals surface area contributed by atoms with Crippen LogP contribution in [-0.2, 0) is 6.42 Å². The maximum absolute atomic E-state index is 11.7. The molecule has 6 rings (SSSR count). The smallest absolute Gasteiger partial charge is 0.0737 e. The van der Waals surface area contributed by atoms with Crippen LogP contribution in [0.15, 0.2) is 125 Å². The minimum Gasteiger partial charge on any atom is -0.545 e. The summed E-state index contributed by atoms with van der Waals surface area (Å²) in [7, 11) is 0. The van der Waals surface area contributed by atoms with Gasteiger partial charge in [-0.2, -0.15) is 0 Å². The molecule has 4 nitrogen and oxygen atoms in total. The van der Waals surface area contributed by atoms with Crippen LogP contribution in [0, 0.1) is 6.92 Å². The average Bonchev–Trinajstić information content (AvgIpc) is 3.39. The number of benzene rings is 4. The van der Waals surface area contributed by atoms with Crippen LogP contribution < -0.4 is 5.11 Å². The molecule has 0 atom stereocenters. The highest BCUT2D eigenvalue weighted by molar-refractivity contribution is 8.08. The second-order valence-electron chi connectivity index (χ2n) is 9.90. The van der Waals surface area contributed by atoms with Gasteiger partial charge in [-0.15, -0.1) is 0 Å². The molecular weight excluding hydrogens is 548 g/mol. The van der Waals surface area contributed by atoms with E-state index in [1.165, 1.54) is 17.3 Å². The van der Waals surface area contributed by atoms with Crippen molar-refractivity contribution in [3.63, 3.8) is 0 Å². The number of aromatic carboxylic acids is 1. The van der Waals surface area contributed by atoms with Crippen molar-refractivity contribution in [2.75, 3.05) is 0 Å². The van der Waals surface area contributed by atoms with Gasteiger partial charge in [0.15, 0.2) is 0 Å². The third-order valence-corrected chi connectivity index (χ3v) is 8.59. The van der Waals surface area contributed by atoms with E-state index in [2.05, 4.69) is 83.2 Å². The Hall–Kier alpha value is -4.32. The number of carboxylic acids is 1. The van der Waals surface area contributed by atoms with Gasteiger partial charge in [0.1, 0.15) is 0 Å². The van der Waals surface area contributed by atoms with Crippen LogP contribution in [0.4, 0.5) is 5.69 Å². The van der Waals surface area contributed by atoms with Crippen molar-refractivity contribution in [2.24, 2.45) is 4.99 Å². The summed E-state index contributed by atoms with van der Waals surface area (Å²) < 4.78 is 2.33. The molecule has 0 bridgehead atoms.